The van der Waals surface area contributed by atoms with Crippen LogP contribution in [0.15, 0.2) is 0 Å². The van der Waals surface area contributed by atoms with E-state index < -0.39 is 0 Å². The minimum atomic E-state index is 0.779. The van der Waals surface area contributed by atoms with Crippen LogP contribution in [0.5, 0.6) is 0 Å². The molecule has 0 aromatic heterocycles. The van der Waals surface area contributed by atoms with Crippen LogP contribution in [-0.4, -0.2) is 16.9 Å². The molecule has 0 radical (unpaired) electrons. The van der Waals surface area contributed by atoms with Gasteiger partial charge in [-0.15, -0.1) is 11.6 Å². The summed E-state index contributed by atoms with van der Waals surface area (Å²) in [5.74, 6) is 2.18. The van der Waals surface area contributed by atoms with Gasteiger partial charge in [-0.3, -0.25) is 0 Å². The van der Waals surface area contributed by atoms with Gasteiger partial charge in [0.15, 0.2) is 0 Å². The van der Waals surface area contributed by atoms with Gasteiger partial charge in [0.2, 0.25) is 0 Å². The standard InChI is InChI=1S/C5H9ClS/c6-4-5-2-1-3-7-5/h5H,1-4H2. The molecule has 1 unspecified atom stereocenters. The minimum Gasteiger partial charge on any atom is -0.157 e. The van der Waals surface area contributed by atoms with Crippen LogP contribution in [0.2, 0.25) is 0 Å². The average Bonchev–Trinajstić information content (AvgIpc) is 2.14. The van der Waals surface area contributed by atoms with Crippen molar-refractivity contribution in [3.8, 4) is 0 Å². The van der Waals surface area contributed by atoms with Gasteiger partial charge < -0.3 is 0 Å². The predicted octanol–water partition coefficient (Wildman–Crippen LogP) is 2.12. The molecule has 0 aromatic rings. The molecule has 0 spiro atoms. The number of alkyl halides is 1. The molecule has 1 aliphatic rings. The van der Waals surface area contributed by atoms with E-state index in [1.807, 2.05) is 11.8 Å². The Morgan fingerprint density at radius 3 is 2.86 bits per heavy atom. The smallest absolute Gasteiger partial charge is 0.0342 e. The molecule has 0 saturated carbocycles. The lowest BCUT2D eigenvalue weighted by molar-refractivity contribution is 0.842. The Bertz CT molecular complexity index is 50.0. The van der Waals surface area contributed by atoms with Gasteiger partial charge in [0.25, 0.3) is 0 Å². The van der Waals surface area contributed by atoms with Crippen molar-refractivity contribution in [2.45, 2.75) is 18.1 Å². The summed E-state index contributed by atoms with van der Waals surface area (Å²) >= 11 is 7.60. The quantitative estimate of drug-likeness (QED) is 0.498. The molecule has 0 nitrogen and oxygen atoms in total. The maximum atomic E-state index is 5.59. The molecule has 0 aliphatic carbocycles. The normalized spacial score (nSPS) is 31.3. The Hall–Kier alpha value is 0.640. The van der Waals surface area contributed by atoms with Crippen molar-refractivity contribution in [3.05, 3.63) is 0 Å². The second-order valence-corrected chi connectivity index (χ2v) is 3.51. The van der Waals surface area contributed by atoms with Gasteiger partial charge in [0.05, 0.1) is 0 Å². The van der Waals surface area contributed by atoms with E-state index in [-0.39, 0.29) is 0 Å². The fourth-order valence-electron chi connectivity index (χ4n) is 0.766. The third kappa shape index (κ3) is 1.54. The number of hydrogen-bond acceptors (Lipinski definition) is 1. The van der Waals surface area contributed by atoms with Gasteiger partial charge in [0, 0.05) is 11.1 Å². The number of rotatable bonds is 1. The molecule has 1 saturated heterocycles. The van der Waals surface area contributed by atoms with Crippen LogP contribution < -0.4 is 0 Å². The Balaban J connectivity index is 2.14. The molecule has 0 amide bonds. The highest BCUT2D eigenvalue weighted by Gasteiger charge is 2.12. The van der Waals surface area contributed by atoms with Crippen LogP contribution in [0, 0.1) is 0 Å². The topological polar surface area (TPSA) is 0 Å². The van der Waals surface area contributed by atoms with Crippen molar-refractivity contribution < 1.29 is 0 Å². The molecular weight excluding hydrogens is 128 g/mol. The highest BCUT2D eigenvalue weighted by molar-refractivity contribution is 8.00. The van der Waals surface area contributed by atoms with E-state index in [9.17, 15) is 0 Å². The first-order valence-corrected chi connectivity index (χ1v) is 4.19. The summed E-state index contributed by atoms with van der Waals surface area (Å²) < 4.78 is 0. The van der Waals surface area contributed by atoms with Crippen LogP contribution in [-0.2, 0) is 0 Å². The van der Waals surface area contributed by atoms with E-state index in [1.54, 1.807) is 0 Å². The van der Waals surface area contributed by atoms with Crippen molar-refractivity contribution in [1.82, 2.24) is 0 Å². The van der Waals surface area contributed by atoms with Crippen LogP contribution in [0.3, 0.4) is 0 Å². The molecule has 1 aliphatic heterocycles. The maximum Gasteiger partial charge on any atom is 0.0342 e. The van der Waals surface area contributed by atoms with E-state index >= 15 is 0 Å². The largest absolute Gasteiger partial charge is 0.157 e. The first-order valence-electron chi connectivity index (χ1n) is 2.61. The lowest BCUT2D eigenvalue weighted by Gasteiger charge is -1.97. The van der Waals surface area contributed by atoms with Crippen molar-refractivity contribution in [1.29, 1.82) is 0 Å². The summed E-state index contributed by atoms with van der Waals surface area (Å²) in [6.07, 6.45) is 2.72. The fourth-order valence-corrected chi connectivity index (χ4v) is 2.28. The van der Waals surface area contributed by atoms with E-state index in [0.717, 1.165) is 11.1 Å². The van der Waals surface area contributed by atoms with Crippen molar-refractivity contribution in [2.75, 3.05) is 11.6 Å². The Labute approximate surface area is 53.6 Å². The number of hydrogen-bond donors (Lipinski definition) is 0. The average molecular weight is 137 g/mol. The summed E-state index contributed by atoms with van der Waals surface area (Å²) in [6, 6.07) is 0. The third-order valence-corrected chi connectivity index (χ3v) is 3.15. The van der Waals surface area contributed by atoms with Gasteiger partial charge in [-0.25, -0.2) is 0 Å². The zero-order chi connectivity index (χ0) is 5.11. The first-order chi connectivity index (χ1) is 3.43. The number of thioether (sulfide) groups is 1. The van der Waals surface area contributed by atoms with Crippen molar-refractivity contribution >= 4 is 23.4 Å². The predicted molar refractivity (Wildman–Crippen MR) is 36.2 cm³/mol. The van der Waals surface area contributed by atoms with E-state index in [0.29, 0.717) is 0 Å². The molecule has 1 fully saturated rings. The molecule has 0 N–H and O–H groups in total. The highest BCUT2D eigenvalue weighted by atomic mass is 35.5. The Morgan fingerprint density at radius 2 is 2.57 bits per heavy atom. The molecule has 42 valence electrons. The Morgan fingerprint density at radius 1 is 1.71 bits per heavy atom. The summed E-state index contributed by atoms with van der Waals surface area (Å²) in [5.41, 5.74) is 0. The number of halogens is 1. The molecule has 7 heavy (non-hydrogen) atoms. The monoisotopic (exact) mass is 136 g/mol. The van der Waals surface area contributed by atoms with Gasteiger partial charge in [-0.05, 0) is 18.6 Å². The van der Waals surface area contributed by atoms with Crippen LogP contribution in [0.1, 0.15) is 12.8 Å². The van der Waals surface area contributed by atoms with Crippen LogP contribution in [0.4, 0.5) is 0 Å². The van der Waals surface area contributed by atoms with Gasteiger partial charge in [0.1, 0.15) is 0 Å². The van der Waals surface area contributed by atoms with E-state index in [4.69, 9.17) is 11.6 Å². The second kappa shape index (κ2) is 2.83. The van der Waals surface area contributed by atoms with Crippen molar-refractivity contribution in [2.24, 2.45) is 0 Å². The molecule has 0 aromatic carbocycles. The van der Waals surface area contributed by atoms with Crippen LogP contribution in [0.25, 0.3) is 0 Å². The second-order valence-electron chi connectivity index (χ2n) is 1.79. The summed E-state index contributed by atoms with van der Waals surface area (Å²) in [6.45, 7) is 0. The summed E-state index contributed by atoms with van der Waals surface area (Å²) in [4.78, 5) is 0. The SMILES string of the molecule is ClCC1CCCS1. The molecule has 0 bridgehead atoms. The summed E-state index contributed by atoms with van der Waals surface area (Å²) in [7, 11) is 0. The minimum absolute atomic E-state index is 0.779. The van der Waals surface area contributed by atoms with E-state index in [2.05, 4.69) is 0 Å². The molecule has 1 rings (SSSR count). The molecule has 1 heterocycles. The molecular formula is C5H9ClS. The lowest BCUT2D eigenvalue weighted by atomic mass is 10.3. The van der Waals surface area contributed by atoms with Crippen LogP contribution >= 0.6 is 23.4 Å². The summed E-state index contributed by atoms with van der Waals surface area (Å²) in [5, 5.41) is 0.779. The lowest BCUT2D eigenvalue weighted by Crippen LogP contribution is -1.95. The van der Waals surface area contributed by atoms with E-state index in [1.165, 1.54) is 18.6 Å². The van der Waals surface area contributed by atoms with Gasteiger partial charge >= 0.3 is 0 Å². The zero-order valence-electron chi connectivity index (χ0n) is 4.19. The molecule has 2 heteroatoms. The zero-order valence-corrected chi connectivity index (χ0v) is 5.76. The maximum absolute atomic E-state index is 5.59. The third-order valence-electron chi connectivity index (χ3n) is 1.20. The Kier molecular flexibility index (Phi) is 2.33. The molecule has 1 atom stereocenters. The highest BCUT2D eigenvalue weighted by Crippen LogP contribution is 2.26. The first kappa shape index (κ1) is 5.77. The van der Waals surface area contributed by atoms with Crippen molar-refractivity contribution in [3.63, 3.8) is 0 Å². The van der Waals surface area contributed by atoms with Gasteiger partial charge in [-0.1, -0.05) is 0 Å². The fraction of sp³-hybridized carbons (Fsp3) is 1.00. The van der Waals surface area contributed by atoms with Gasteiger partial charge in [-0.2, -0.15) is 11.8 Å².